The lowest BCUT2D eigenvalue weighted by Crippen LogP contribution is -2.28. The van der Waals surface area contributed by atoms with E-state index in [4.69, 9.17) is 9.47 Å². The molecule has 5 nitrogen and oxygen atoms in total. The van der Waals surface area contributed by atoms with Gasteiger partial charge < -0.3 is 14.6 Å². The molecule has 0 saturated heterocycles. The van der Waals surface area contributed by atoms with Crippen molar-refractivity contribution in [2.24, 2.45) is 0 Å². The number of ether oxygens (including phenoxy) is 2. The van der Waals surface area contributed by atoms with E-state index >= 15 is 0 Å². The van der Waals surface area contributed by atoms with Crippen molar-refractivity contribution >= 4 is 11.9 Å². The molecule has 1 atom stereocenters. The van der Waals surface area contributed by atoms with Gasteiger partial charge in [-0.2, -0.15) is 0 Å². The normalized spacial score (nSPS) is 13.1. The van der Waals surface area contributed by atoms with E-state index in [9.17, 15) is 14.7 Å². The Morgan fingerprint density at radius 2 is 0.513 bits per heavy atom. The summed E-state index contributed by atoms with van der Waals surface area (Å²) in [5.41, 5.74) is 0. The summed E-state index contributed by atoms with van der Waals surface area (Å²) in [6, 6.07) is 0. The van der Waals surface area contributed by atoms with Gasteiger partial charge in [0.2, 0.25) is 0 Å². The summed E-state index contributed by atoms with van der Waals surface area (Å²) >= 11 is 0. The Morgan fingerprint density at radius 1 is 0.295 bits per heavy atom. The van der Waals surface area contributed by atoms with E-state index in [2.05, 4.69) is 148 Å². The summed E-state index contributed by atoms with van der Waals surface area (Å²) in [7, 11) is 0. The molecule has 444 valence electrons. The molecule has 0 aliphatic carbocycles. The lowest BCUT2D eigenvalue weighted by molar-refractivity contribution is -0.161. The lowest BCUT2D eigenvalue weighted by atomic mass is 10.0. The molecule has 78 heavy (non-hydrogen) atoms. The minimum atomic E-state index is -0.787. The van der Waals surface area contributed by atoms with E-state index in [0.29, 0.717) is 12.8 Å². The average Bonchev–Trinajstić information content (AvgIpc) is 3.44. The summed E-state index contributed by atoms with van der Waals surface area (Å²) in [6.07, 6.45) is 100. The van der Waals surface area contributed by atoms with Gasteiger partial charge in [0, 0.05) is 12.8 Å². The second-order valence-electron chi connectivity index (χ2n) is 21.4. The summed E-state index contributed by atoms with van der Waals surface area (Å²) in [4.78, 5) is 24.6. The van der Waals surface area contributed by atoms with Crippen LogP contribution in [0, 0.1) is 0 Å². The Morgan fingerprint density at radius 3 is 0.769 bits per heavy atom. The van der Waals surface area contributed by atoms with Gasteiger partial charge in [0.15, 0.2) is 6.10 Å². The Balaban J connectivity index is 3.50. The van der Waals surface area contributed by atoms with Gasteiger partial charge in [0.05, 0.1) is 6.61 Å². The standard InChI is InChI=1S/C73H122O5/c1-3-5-7-9-11-13-15-17-19-21-23-25-27-29-31-33-34-35-36-37-38-40-41-43-45-47-49-51-53-55-57-59-61-63-65-67-72(75)77-70-71(69-74)78-73(76)68-66-64-62-60-58-56-54-52-50-48-46-44-42-39-32-30-28-26-24-22-20-18-16-14-12-10-8-6-4-2/h5-8,11-14,17-20,23-26,30,32,42,44,48,50,71,74H,3-4,9-10,15-16,21-22,27-29,31,33-41,43,45-47,49,51-70H2,1-2H3/b7-5-,8-6-,13-11-,14-12-,19-17-,20-18-,25-23-,26-24-,32-30-,44-42-,50-48-. The first-order valence-electron chi connectivity index (χ1n) is 32.7. The topological polar surface area (TPSA) is 72.8 Å². The number of aliphatic hydroxyl groups is 1. The predicted molar refractivity (Wildman–Crippen MR) is 343 cm³/mol. The largest absolute Gasteiger partial charge is 0.462 e. The highest BCUT2D eigenvalue weighted by atomic mass is 16.6. The van der Waals surface area contributed by atoms with Gasteiger partial charge in [0.1, 0.15) is 6.61 Å². The molecule has 1 N–H and O–H groups in total. The van der Waals surface area contributed by atoms with Crippen molar-refractivity contribution in [1.82, 2.24) is 0 Å². The number of esters is 2. The number of hydrogen-bond donors (Lipinski definition) is 1. The highest BCUT2D eigenvalue weighted by Gasteiger charge is 2.16. The molecule has 0 amide bonds. The summed E-state index contributed by atoms with van der Waals surface area (Å²) in [5.74, 6) is -0.600. The van der Waals surface area contributed by atoms with Crippen LogP contribution >= 0.6 is 0 Å². The van der Waals surface area contributed by atoms with Crippen molar-refractivity contribution in [2.45, 2.75) is 302 Å². The molecule has 1 unspecified atom stereocenters. The molecule has 0 aromatic heterocycles. The molecule has 0 spiro atoms. The van der Waals surface area contributed by atoms with Crippen LogP contribution in [0.3, 0.4) is 0 Å². The molecule has 0 bridgehead atoms. The van der Waals surface area contributed by atoms with Gasteiger partial charge in [-0.3, -0.25) is 9.59 Å². The first kappa shape index (κ1) is 74.0. The Labute approximate surface area is 483 Å². The van der Waals surface area contributed by atoms with Crippen LogP contribution < -0.4 is 0 Å². The number of rotatable bonds is 59. The van der Waals surface area contributed by atoms with Crippen molar-refractivity contribution in [2.75, 3.05) is 13.2 Å². The molecule has 0 rings (SSSR count). The number of aliphatic hydroxyl groups excluding tert-OH is 1. The number of unbranched alkanes of at least 4 members (excludes halogenated alkanes) is 29. The van der Waals surface area contributed by atoms with E-state index in [-0.39, 0.29) is 25.2 Å². The fraction of sp³-hybridized carbons (Fsp3) is 0.671. The Kier molecular flexibility index (Phi) is 63.9. The van der Waals surface area contributed by atoms with E-state index in [0.717, 1.165) is 116 Å². The molecule has 5 heteroatoms. The van der Waals surface area contributed by atoms with E-state index < -0.39 is 6.10 Å². The molecule has 0 aliphatic rings. The van der Waals surface area contributed by atoms with E-state index in [1.54, 1.807) is 0 Å². The zero-order valence-electron chi connectivity index (χ0n) is 50.9. The second-order valence-corrected chi connectivity index (χ2v) is 21.4. The molecule has 0 saturated carbocycles. The fourth-order valence-corrected chi connectivity index (χ4v) is 9.12. The Hall–Kier alpha value is -3.96. The molecule has 0 aromatic carbocycles. The number of allylic oxidation sites excluding steroid dienone is 22. The maximum absolute atomic E-state index is 12.3. The average molecular weight is 1080 g/mol. The smallest absolute Gasteiger partial charge is 0.306 e. The van der Waals surface area contributed by atoms with Crippen LogP contribution in [-0.4, -0.2) is 36.4 Å². The van der Waals surface area contributed by atoms with Gasteiger partial charge in [-0.05, 0) is 109 Å². The van der Waals surface area contributed by atoms with E-state index in [1.165, 1.54) is 154 Å². The van der Waals surface area contributed by atoms with Crippen LogP contribution in [0.5, 0.6) is 0 Å². The number of carbonyl (C=O) groups is 2. The van der Waals surface area contributed by atoms with Crippen LogP contribution in [0.4, 0.5) is 0 Å². The molecule has 0 aliphatic heterocycles. The van der Waals surface area contributed by atoms with Crippen molar-refractivity contribution in [1.29, 1.82) is 0 Å². The van der Waals surface area contributed by atoms with Crippen molar-refractivity contribution < 1.29 is 24.2 Å². The van der Waals surface area contributed by atoms with Gasteiger partial charge in [-0.25, -0.2) is 0 Å². The van der Waals surface area contributed by atoms with Crippen LogP contribution in [0.2, 0.25) is 0 Å². The van der Waals surface area contributed by atoms with Gasteiger partial charge in [-0.1, -0.05) is 308 Å². The molecular weight excluding hydrogens is 957 g/mol. The summed E-state index contributed by atoms with van der Waals surface area (Å²) < 4.78 is 10.7. The van der Waals surface area contributed by atoms with Crippen molar-refractivity contribution in [3.63, 3.8) is 0 Å². The number of hydrogen-bond acceptors (Lipinski definition) is 5. The summed E-state index contributed by atoms with van der Waals surface area (Å²) in [6.45, 7) is 3.92. The van der Waals surface area contributed by atoms with Crippen molar-refractivity contribution in [3.8, 4) is 0 Å². The van der Waals surface area contributed by atoms with Crippen molar-refractivity contribution in [3.05, 3.63) is 134 Å². The van der Waals surface area contributed by atoms with Gasteiger partial charge >= 0.3 is 11.9 Å². The first-order valence-corrected chi connectivity index (χ1v) is 32.7. The first-order chi connectivity index (χ1) is 38.6. The zero-order chi connectivity index (χ0) is 56.2. The third-order valence-electron chi connectivity index (χ3n) is 13.9. The third-order valence-corrected chi connectivity index (χ3v) is 13.9. The highest BCUT2D eigenvalue weighted by molar-refractivity contribution is 5.70. The molecular formula is C73H122O5. The van der Waals surface area contributed by atoms with Gasteiger partial charge in [0.25, 0.3) is 0 Å². The van der Waals surface area contributed by atoms with Crippen LogP contribution in [0.15, 0.2) is 134 Å². The monoisotopic (exact) mass is 1080 g/mol. The van der Waals surface area contributed by atoms with Crippen LogP contribution in [-0.2, 0) is 19.1 Å². The highest BCUT2D eigenvalue weighted by Crippen LogP contribution is 2.17. The number of carbonyl (C=O) groups excluding carboxylic acids is 2. The third kappa shape index (κ3) is 64.6. The maximum Gasteiger partial charge on any atom is 0.306 e. The fourth-order valence-electron chi connectivity index (χ4n) is 9.12. The van der Waals surface area contributed by atoms with Crippen LogP contribution in [0.1, 0.15) is 296 Å². The zero-order valence-corrected chi connectivity index (χ0v) is 50.9. The molecule has 0 heterocycles. The molecule has 0 fully saturated rings. The van der Waals surface area contributed by atoms with Gasteiger partial charge in [-0.15, -0.1) is 0 Å². The second kappa shape index (κ2) is 67.3. The molecule has 0 radical (unpaired) electrons. The summed E-state index contributed by atoms with van der Waals surface area (Å²) in [5, 5.41) is 9.69. The minimum Gasteiger partial charge on any atom is -0.462 e. The van der Waals surface area contributed by atoms with Crippen LogP contribution in [0.25, 0.3) is 0 Å². The Bertz CT molecular complexity index is 1600. The minimum absolute atomic E-state index is 0.0748. The quantitative estimate of drug-likeness (QED) is 0.0373. The SMILES string of the molecule is CC/C=C\C/C=C\C/C=C\C/C=C\C/C=C\C/C=C\C/C=C\CCCCCCCCCC(=O)OC(CO)COC(=O)CCCCCCCCCCCCCCCCCCCCCCCC/C=C\C/C=C\C/C=C\C/C=C\CC. The van der Waals surface area contributed by atoms with E-state index in [1.807, 2.05) is 0 Å². The maximum atomic E-state index is 12.3. The predicted octanol–water partition coefficient (Wildman–Crippen LogP) is 22.8. The lowest BCUT2D eigenvalue weighted by Gasteiger charge is -2.15. The molecule has 0 aromatic rings.